The van der Waals surface area contributed by atoms with Gasteiger partial charge in [-0.3, -0.25) is 10.6 Å². The van der Waals surface area contributed by atoms with Gasteiger partial charge in [-0.25, -0.2) is 0 Å². The van der Waals surface area contributed by atoms with E-state index in [0.717, 1.165) is 18.7 Å². The second kappa shape index (κ2) is 5.36. The Bertz CT molecular complexity index is 716. The van der Waals surface area contributed by atoms with Gasteiger partial charge in [0.15, 0.2) is 0 Å². The van der Waals surface area contributed by atoms with Crippen molar-refractivity contribution >= 4 is 0 Å². The van der Waals surface area contributed by atoms with E-state index in [1.165, 1.54) is 22.3 Å². The molecular formula is C20H24N2O. The van der Waals surface area contributed by atoms with Gasteiger partial charge in [0.2, 0.25) is 0 Å². The molecule has 2 N–H and O–H groups in total. The monoisotopic (exact) mass is 308 g/mol. The van der Waals surface area contributed by atoms with Crippen LogP contribution in [0.2, 0.25) is 0 Å². The summed E-state index contributed by atoms with van der Waals surface area (Å²) in [5.41, 5.74) is 5.57. The van der Waals surface area contributed by atoms with E-state index in [0.29, 0.717) is 5.92 Å². The lowest BCUT2D eigenvalue weighted by Gasteiger charge is -2.27. The van der Waals surface area contributed by atoms with Crippen LogP contribution in [0.3, 0.4) is 0 Å². The molecular weight excluding hydrogens is 284 g/mol. The first-order valence-corrected chi connectivity index (χ1v) is 8.36. The summed E-state index contributed by atoms with van der Waals surface area (Å²) in [4.78, 5) is 0. The van der Waals surface area contributed by atoms with Crippen LogP contribution < -0.4 is 10.6 Å². The summed E-state index contributed by atoms with van der Waals surface area (Å²) in [6, 6.07) is 11.0. The molecule has 3 nitrogen and oxygen atoms in total. The van der Waals surface area contributed by atoms with Gasteiger partial charge in [0.25, 0.3) is 0 Å². The highest BCUT2D eigenvalue weighted by Gasteiger charge is 2.50. The Labute approximate surface area is 138 Å². The second-order valence-electron chi connectivity index (χ2n) is 6.92. The largest absolute Gasteiger partial charge is 0.499 e. The predicted octanol–water partition coefficient (Wildman–Crippen LogP) is 2.92. The molecule has 0 spiro atoms. The standard InChI is InChI=1S/C20H24N2O/c1-13-9-10-16(23-3)19-17(13)18-15(12-21-20(18,2)22-19)11-14-7-5-4-6-8-14/h4-10,15,19,21-22H,11-12H2,1-3H3. The number of allylic oxidation sites excluding steroid dienone is 2. The first kappa shape index (κ1) is 14.7. The lowest BCUT2D eigenvalue weighted by molar-refractivity contribution is 0.248. The van der Waals surface area contributed by atoms with Gasteiger partial charge in [0.1, 0.15) is 5.76 Å². The Morgan fingerprint density at radius 2 is 2.00 bits per heavy atom. The lowest BCUT2D eigenvalue weighted by atomic mass is 9.83. The average molecular weight is 308 g/mol. The highest BCUT2D eigenvalue weighted by atomic mass is 16.5. The second-order valence-corrected chi connectivity index (χ2v) is 6.92. The molecule has 3 unspecified atom stereocenters. The zero-order chi connectivity index (χ0) is 16.0. The van der Waals surface area contributed by atoms with E-state index < -0.39 is 0 Å². The molecule has 4 rings (SSSR count). The molecule has 0 bridgehead atoms. The Balaban J connectivity index is 1.74. The quantitative estimate of drug-likeness (QED) is 0.901. The predicted molar refractivity (Wildman–Crippen MR) is 92.8 cm³/mol. The molecule has 3 aliphatic rings. The Hall–Kier alpha value is -1.84. The van der Waals surface area contributed by atoms with Crippen LogP contribution in [-0.4, -0.2) is 25.4 Å². The zero-order valence-electron chi connectivity index (χ0n) is 14.0. The van der Waals surface area contributed by atoms with Gasteiger partial charge in [0.05, 0.1) is 18.8 Å². The topological polar surface area (TPSA) is 33.3 Å². The number of ether oxygens (including phenoxy) is 1. The number of nitrogens with one attached hydrogen (secondary N) is 2. The van der Waals surface area contributed by atoms with Crippen molar-refractivity contribution in [3.8, 4) is 0 Å². The smallest absolute Gasteiger partial charge is 0.117 e. The van der Waals surface area contributed by atoms with Crippen molar-refractivity contribution in [3.05, 3.63) is 70.5 Å². The number of methoxy groups -OCH3 is 1. The van der Waals surface area contributed by atoms with Crippen LogP contribution in [0.15, 0.2) is 65.0 Å². The molecule has 0 radical (unpaired) electrons. The van der Waals surface area contributed by atoms with Gasteiger partial charge in [-0.15, -0.1) is 0 Å². The maximum atomic E-state index is 5.61. The van der Waals surface area contributed by atoms with Crippen LogP contribution >= 0.6 is 0 Å². The Kier molecular flexibility index (Phi) is 3.43. The molecule has 0 aromatic heterocycles. The summed E-state index contributed by atoms with van der Waals surface area (Å²) < 4.78 is 5.61. The molecule has 0 saturated carbocycles. The highest BCUT2D eigenvalue weighted by molar-refractivity contribution is 5.56. The average Bonchev–Trinajstić information content (AvgIpc) is 3.02. The molecule has 1 aromatic rings. The van der Waals surface area contributed by atoms with Crippen molar-refractivity contribution < 1.29 is 4.74 Å². The van der Waals surface area contributed by atoms with E-state index in [2.05, 4.69) is 67.0 Å². The third-order valence-electron chi connectivity index (χ3n) is 5.43. The summed E-state index contributed by atoms with van der Waals surface area (Å²) >= 11 is 0. The normalized spacial score (nSPS) is 32.3. The molecule has 1 saturated heterocycles. The van der Waals surface area contributed by atoms with Crippen molar-refractivity contribution in [2.75, 3.05) is 13.7 Å². The number of fused-ring (bicyclic) bond motifs is 2. The van der Waals surface area contributed by atoms with Gasteiger partial charge in [0, 0.05) is 12.5 Å². The van der Waals surface area contributed by atoms with E-state index in [1.807, 2.05) is 0 Å². The van der Waals surface area contributed by atoms with E-state index >= 15 is 0 Å². The molecule has 23 heavy (non-hydrogen) atoms. The van der Waals surface area contributed by atoms with E-state index in [1.54, 1.807) is 7.11 Å². The summed E-state index contributed by atoms with van der Waals surface area (Å²) in [7, 11) is 1.76. The van der Waals surface area contributed by atoms with Crippen molar-refractivity contribution in [1.82, 2.24) is 10.6 Å². The fourth-order valence-corrected chi connectivity index (χ4v) is 4.37. The minimum Gasteiger partial charge on any atom is -0.499 e. The van der Waals surface area contributed by atoms with Crippen LogP contribution in [0.5, 0.6) is 0 Å². The molecule has 1 fully saturated rings. The highest BCUT2D eigenvalue weighted by Crippen LogP contribution is 2.45. The molecule has 2 heterocycles. The fourth-order valence-electron chi connectivity index (χ4n) is 4.37. The molecule has 1 aromatic carbocycles. The molecule has 0 amide bonds. The van der Waals surface area contributed by atoms with Crippen LogP contribution in [0, 0.1) is 5.92 Å². The summed E-state index contributed by atoms with van der Waals surface area (Å²) in [6.45, 7) is 5.49. The van der Waals surface area contributed by atoms with Crippen LogP contribution in [0.4, 0.5) is 0 Å². The van der Waals surface area contributed by atoms with Crippen LogP contribution in [0.1, 0.15) is 19.4 Å². The first-order chi connectivity index (χ1) is 11.1. The minimum atomic E-state index is -0.128. The van der Waals surface area contributed by atoms with Gasteiger partial charge in [-0.05, 0) is 48.6 Å². The van der Waals surface area contributed by atoms with Crippen LogP contribution in [0.25, 0.3) is 0 Å². The summed E-state index contributed by atoms with van der Waals surface area (Å²) in [6.07, 6.45) is 5.35. The molecule has 2 aliphatic heterocycles. The molecule has 3 heteroatoms. The SMILES string of the molecule is COC1=CC=C(C)C2=C3C(Cc4ccccc4)CNC3(C)NC12. The minimum absolute atomic E-state index is 0.128. The van der Waals surface area contributed by atoms with Gasteiger partial charge in [-0.1, -0.05) is 36.4 Å². The molecule has 1 aliphatic carbocycles. The van der Waals surface area contributed by atoms with Crippen molar-refractivity contribution in [1.29, 1.82) is 0 Å². The number of benzene rings is 1. The van der Waals surface area contributed by atoms with Crippen molar-refractivity contribution in [2.45, 2.75) is 32.0 Å². The van der Waals surface area contributed by atoms with E-state index in [4.69, 9.17) is 4.74 Å². The summed E-state index contributed by atoms with van der Waals surface area (Å²) in [5, 5.41) is 7.47. The van der Waals surface area contributed by atoms with Gasteiger partial charge >= 0.3 is 0 Å². The maximum Gasteiger partial charge on any atom is 0.117 e. The zero-order valence-corrected chi connectivity index (χ0v) is 14.0. The lowest BCUT2D eigenvalue weighted by Crippen LogP contribution is -2.51. The Morgan fingerprint density at radius 1 is 1.22 bits per heavy atom. The van der Waals surface area contributed by atoms with Gasteiger partial charge in [-0.2, -0.15) is 0 Å². The Morgan fingerprint density at radius 3 is 2.74 bits per heavy atom. The molecule has 3 atom stereocenters. The van der Waals surface area contributed by atoms with Gasteiger partial charge < -0.3 is 4.74 Å². The third kappa shape index (κ3) is 2.27. The van der Waals surface area contributed by atoms with E-state index in [9.17, 15) is 0 Å². The summed E-state index contributed by atoms with van der Waals surface area (Å²) in [5.74, 6) is 1.53. The maximum absolute atomic E-state index is 5.61. The first-order valence-electron chi connectivity index (χ1n) is 8.36. The van der Waals surface area contributed by atoms with Crippen LogP contribution in [-0.2, 0) is 11.2 Å². The fraction of sp³-hybridized carbons (Fsp3) is 0.400. The number of hydrogen-bond acceptors (Lipinski definition) is 3. The number of hydrogen-bond donors (Lipinski definition) is 2. The van der Waals surface area contributed by atoms with E-state index in [-0.39, 0.29) is 11.7 Å². The molecule has 120 valence electrons. The third-order valence-corrected chi connectivity index (χ3v) is 5.43. The van der Waals surface area contributed by atoms with Crippen molar-refractivity contribution in [2.24, 2.45) is 5.92 Å². The number of rotatable bonds is 3. The van der Waals surface area contributed by atoms with Crippen molar-refractivity contribution in [3.63, 3.8) is 0 Å².